The van der Waals surface area contributed by atoms with Crippen molar-refractivity contribution in [3.05, 3.63) is 24.5 Å². The molecule has 0 bridgehead atoms. The van der Waals surface area contributed by atoms with Gasteiger partial charge in [-0.2, -0.15) is 0 Å². The Balaban J connectivity index is 2.78. The van der Waals surface area contributed by atoms with E-state index in [-0.39, 0.29) is 0 Å². The van der Waals surface area contributed by atoms with Crippen molar-refractivity contribution in [1.29, 1.82) is 5.41 Å². The molecule has 64 valence electrons. The Morgan fingerprint density at radius 1 is 1.67 bits per heavy atom. The average molecular weight is 163 g/mol. The van der Waals surface area contributed by atoms with E-state index >= 15 is 0 Å². The van der Waals surface area contributed by atoms with Crippen LogP contribution >= 0.6 is 0 Å². The van der Waals surface area contributed by atoms with Gasteiger partial charge in [-0.1, -0.05) is 6.92 Å². The molecule has 0 aliphatic heterocycles. The Bertz CT molecular complexity index is 256. The van der Waals surface area contributed by atoms with E-state index in [1.54, 1.807) is 12.4 Å². The fraction of sp³-hybridized carbons (Fsp3) is 0.333. The Hall–Kier alpha value is -1.38. The van der Waals surface area contributed by atoms with Gasteiger partial charge in [0.25, 0.3) is 0 Å². The van der Waals surface area contributed by atoms with E-state index in [1.165, 1.54) is 0 Å². The van der Waals surface area contributed by atoms with E-state index in [0.717, 1.165) is 12.1 Å². The van der Waals surface area contributed by atoms with Crippen LogP contribution in [0.1, 0.15) is 13.3 Å². The van der Waals surface area contributed by atoms with E-state index in [1.807, 2.05) is 31.0 Å². The van der Waals surface area contributed by atoms with Crippen molar-refractivity contribution in [3.63, 3.8) is 0 Å². The summed E-state index contributed by atoms with van der Waals surface area (Å²) >= 11 is 0. The lowest BCUT2D eigenvalue weighted by molar-refractivity contribution is 1.11. The van der Waals surface area contributed by atoms with Crippen molar-refractivity contribution >= 4 is 11.5 Å². The summed E-state index contributed by atoms with van der Waals surface area (Å²) in [4.78, 5) is 5.81. The Kier molecular flexibility index (Phi) is 2.80. The highest BCUT2D eigenvalue weighted by atomic mass is 15.1. The summed E-state index contributed by atoms with van der Waals surface area (Å²) in [5.41, 5.74) is 0.962. The molecule has 1 N–H and O–H groups in total. The number of anilines is 1. The third kappa shape index (κ3) is 1.81. The lowest BCUT2D eigenvalue weighted by atomic mass is 10.3. The van der Waals surface area contributed by atoms with Crippen LogP contribution in [-0.2, 0) is 0 Å². The van der Waals surface area contributed by atoms with Gasteiger partial charge in [0.1, 0.15) is 0 Å². The SMILES string of the molecule is CCC(=N)N(C)c1cccnc1. The Labute approximate surface area is 72.6 Å². The second kappa shape index (κ2) is 3.85. The Morgan fingerprint density at radius 2 is 2.42 bits per heavy atom. The number of rotatable bonds is 2. The molecule has 0 aromatic carbocycles. The Morgan fingerprint density at radius 3 is 2.92 bits per heavy atom. The summed E-state index contributed by atoms with van der Waals surface area (Å²) in [6.07, 6.45) is 4.22. The number of nitrogens with one attached hydrogen (secondary N) is 1. The van der Waals surface area contributed by atoms with E-state index in [4.69, 9.17) is 5.41 Å². The van der Waals surface area contributed by atoms with Crippen molar-refractivity contribution in [2.24, 2.45) is 0 Å². The van der Waals surface area contributed by atoms with Crippen LogP contribution in [0.2, 0.25) is 0 Å². The van der Waals surface area contributed by atoms with Gasteiger partial charge in [0.05, 0.1) is 17.7 Å². The lowest BCUT2D eigenvalue weighted by Gasteiger charge is -2.18. The first-order valence-corrected chi connectivity index (χ1v) is 3.97. The van der Waals surface area contributed by atoms with Crippen LogP contribution in [0.15, 0.2) is 24.5 Å². The molecule has 3 heteroatoms. The highest BCUT2D eigenvalue weighted by Gasteiger charge is 2.03. The molecule has 0 saturated heterocycles. The molecule has 1 heterocycles. The van der Waals surface area contributed by atoms with Gasteiger partial charge in [0, 0.05) is 19.7 Å². The molecule has 3 nitrogen and oxygen atoms in total. The van der Waals surface area contributed by atoms with E-state index in [2.05, 4.69) is 4.98 Å². The number of amidine groups is 1. The van der Waals surface area contributed by atoms with Gasteiger partial charge in [-0.25, -0.2) is 0 Å². The molecule has 0 amide bonds. The minimum atomic E-state index is 0.600. The van der Waals surface area contributed by atoms with Gasteiger partial charge in [-0.3, -0.25) is 10.4 Å². The van der Waals surface area contributed by atoms with E-state index < -0.39 is 0 Å². The summed E-state index contributed by atoms with van der Waals surface area (Å²) in [7, 11) is 1.88. The average Bonchev–Trinajstić information content (AvgIpc) is 2.17. The number of aromatic nitrogens is 1. The standard InChI is InChI=1S/C9H13N3/c1-3-9(10)12(2)8-5-4-6-11-7-8/h4-7,10H,3H2,1-2H3. The van der Waals surface area contributed by atoms with Crippen LogP contribution in [0.25, 0.3) is 0 Å². The maximum absolute atomic E-state index is 7.58. The van der Waals surface area contributed by atoms with Gasteiger partial charge in [0.15, 0.2) is 0 Å². The van der Waals surface area contributed by atoms with Crippen molar-refractivity contribution in [2.45, 2.75) is 13.3 Å². The largest absolute Gasteiger partial charge is 0.332 e. The van der Waals surface area contributed by atoms with Crippen LogP contribution in [0.3, 0.4) is 0 Å². The fourth-order valence-electron chi connectivity index (χ4n) is 0.945. The minimum Gasteiger partial charge on any atom is -0.332 e. The van der Waals surface area contributed by atoms with Gasteiger partial charge < -0.3 is 4.90 Å². The highest BCUT2D eigenvalue weighted by molar-refractivity contribution is 5.94. The predicted octanol–water partition coefficient (Wildman–Crippen LogP) is 1.91. The van der Waals surface area contributed by atoms with Crippen molar-refractivity contribution < 1.29 is 0 Å². The normalized spacial score (nSPS) is 9.50. The summed E-state index contributed by atoms with van der Waals surface area (Å²) in [6, 6.07) is 3.81. The number of hydrogen-bond donors (Lipinski definition) is 1. The monoisotopic (exact) mass is 163 g/mol. The summed E-state index contributed by atoms with van der Waals surface area (Å²) in [6.45, 7) is 1.97. The first-order valence-electron chi connectivity index (χ1n) is 3.97. The predicted molar refractivity (Wildman–Crippen MR) is 50.7 cm³/mol. The molecule has 1 rings (SSSR count). The first-order chi connectivity index (χ1) is 5.75. The molecule has 0 spiro atoms. The topological polar surface area (TPSA) is 40.0 Å². The lowest BCUT2D eigenvalue weighted by Crippen LogP contribution is -2.24. The van der Waals surface area contributed by atoms with Crippen molar-refractivity contribution in [3.8, 4) is 0 Å². The quantitative estimate of drug-likeness (QED) is 0.534. The fourth-order valence-corrected chi connectivity index (χ4v) is 0.945. The maximum Gasteiger partial charge on any atom is 0.0997 e. The molecular formula is C9H13N3. The van der Waals surface area contributed by atoms with Gasteiger partial charge in [0.2, 0.25) is 0 Å². The van der Waals surface area contributed by atoms with E-state index in [9.17, 15) is 0 Å². The van der Waals surface area contributed by atoms with E-state index in [0.29, 0.717) is 5.84 Å². The third-order valence-corrected chi connectivity index (χ3v) is 1.77. The molecule has 0 saturated carbocycles. The van der Waals surface area contributed by atoms with Gasteiger partial charge >= 0.3 is 0 Å². The van der Waals surface area contributed by atoms with Gasteiger partial charge in [-0.05, 0) is 12.1 Å². The minimum absolute atomic E-state index is 0.600. The molecule has 0 aliphatic carbocycles. The molecule has 0 unspecified atom stereocenters. The second-order valence-corrected chi connectivity index (χ2v) is 2.57. The second-order valence-electron chi connectivity index (χ2n) is 2.57. The van der Waals surface area contributed by atoms with Crippen LogP contribution in [-0.4, -0.2) is 17.9 Å². The smallest absolute Gasteiger partial charge is 0.0997 e. The summed E-state index contributed by atoms with van der Waals surface area (Å²) in [5.74, 6) is 0.600. The van der Waals surface area contributed by atoms with Crippen molar-refractivity contribution in [2.75, 3.05) is 11.9 Å². The first kappa shape index (κ1) is 8.71. The summed E-state index contributed by atoms with van der Waals surface area (Å²) in [5, 5.41) is 7.58. The van der Waals surface area contributed by atoms with Crippen LogP contribution in [0.5, 0.6) is 0 Å². The third-order valence-electron chi connectivity index (χ3n) is 1.77. The number of pyridine rings is 1. The zero-order valence-electron chi connectivity index (χ0n) is 7.41. The molecule has 0 fully saturated rings. The summed E-state index contributed by atoms with van der Waals surface area (Å²) < 4.78 is 0. The van der Waals surface area contributed by atoms with Crippen LogP contribution in [0.4, 0.5) is 5.69 Å². The molecule has 0 atom stereocenters. The highest BCUT2D eigenvalue weighted by Crippen LogP contribution is 2.09. The maximum atomic E-state index is 7.58. The van der Waals surface area contributed by atoms with Crippen LogP contribution in [0, 0.1) is 5.41 Å². The van der Waals surface area contributed by atoms with Crippen molar-refractivity contribution in [1.82, 2.24) is 4.98 Å². The zero-order valence-corrected chi connectivity index (χ0v) is 7.41. The molecule has 0 radical (unpaired) electrons. The molecule has 0 aliphatic rings. The molecule has 1 aromatic rings. The number of hydrogen-bond acceptors (Lipinski definition) is 2. The molecular weight excluding hydrogens is 150 g/mol. The number of nitrogens with zero attached hydrogens (tertiary/aromatic N) is 2. The molecule has 12 heavy (non-hydrogen) atoms. The zero-order chi connectivity index (χ0) is 8.97. The van der Waals surface area contributed by atoms with Crippen LogP contribution < -0.4 is 4.90 Å². The molecule has 1 aromatic heterocycles. The van der Waals surface area contributed by atoms with Gasteiger partial charge in [-0.15, -0.1) is 0 Å².